The fourth-order valence-corrected chi connectivity index (χ4v) is 3.02. The number of Topliss-reactive ketones (excluding diaryl/α,β-unsaturated/α-hetero) is 1. The first-order chi connectivity index (χ1) is 10.1. The molecular weight excluding hydrogens is 290 g/mol. The van der Waals surface area contributed by atoms with E-state index in [0.717, 1.165) is 5.56 Å². The SMILES string of the molecule is COCc1nc(-c2cccc(OC)c2OC)sc1C(C)=O. The minimum Gasteiger partial charge on any atom is -0.493 e. The number of aromatic nitrogens is 1. The summed E-state index contributed by atoms with van der Waals surface area (Å²) in [5.74, 6) is 1.21. The number of nitrogens with zero attached hydrogens (tertiary/aromatic N) is 1. The van der Waals surface area contributed by atoms with Crippen LogP contribution in [-0.4, -0.2) is 32.1 Å². The predicted octanol–water partition coefficient (Wildman–Crippen LogP) is 3.18. The van der Waals surface area contributed by atoms with Gasteiger partial charge in [0.25, 0.3) is 0 Å². The molecule has 2 aromatic rings. The molecule has 0 saturated heterocycles. The van der Waals surface area contributed by atoms with Crippen molar-refractivity contribution >= 4 is 17.1 Å². The van der Waals surface area contributed by atoms with Gasteiger partial charge < -0.3 is 14.2 Å². The molecule has 5 nitrogen and oxygen atoms in total. The fraction of sp³-hybridized carbons (Fsp3) is 0.333. The van der Waals surface area contributed by atoms with Gasteiger partial charge in [0, 0.05) is 14.0 Å². The number of hydrogen-bond donors (Lipinski definition) is 0. The molecule has 0 saturated carbocycles. The summed E-state index contributed by atoms with van der Waals surface area (Å²) in [6.45, 7) is 1.83. The number of carbonyl (C=O) groups excluding carboxylic acids is 1. The second-order valence-electron chi connectivity index (χ2n) is 4.33. The Hall–Kier alpha value is -1.92. The largest absolute Gasteiger partial charge is 0.493 e. The van der Waals surface area contributed by atoms with Crippen molar-refractivity contribution in [2.75, 3.05) is 21.3 Å². The van der Waals surface area contributed by atoms with Gasteiger partial charge in [-0.15, -0.1) is 11.3 Å². The highest BCUT2D eigenvalue weighted by Gasteiger charge is 2.19. The second-order valence-corrected chi connectivity index (χ2v) is 5.32. The topological polar surface area (TPSA) is 57.6 Å². The van der Waals surface area contributed by atoms with Crippen molar-refractivity contribution in [2.45, 2.75) is 13.5 Å². The van der Waals surface area contributed by atoms with Gasteiger partial charge in [-0.1, -0.05) is 6.07 Å². The van der Waals surface area contributed by atoms with E-state index in [1.807, 2.05) is 18.2 Å². The molecule has 0 spiro atoms. The smallest absolute Gasteiger partial charge is 0.171 e. The Morgan fingerprint density at radius 1 is 1.24 bits per heavy atom. The van der Waals surface area contributed by atoms with Crippen LogP contribution in [0.3, 0.4) is 0 Å². The maximum Gasteiger partial charge on any atom is 0.171 e. The molecule has 0 atom stereocenters. The van der Waals surface area contributed by atoms with E-state index in [1.54, 1.807) is 21.3 Å². The number of benzene rings is 1. The molecule has 0 unspecified atom stereocenters. The van der Waals surface area contributed by atoms with Crippen LogP contribution in [0.5, 0.6) is 11.5 Å². The summed E-state index contributed by atoms with van der Waals surface area (Å²) in [6.07, 6.45) is 0. The lowest BCUT2D eigenvalue weighted by Crippen LogP contribution is -1.97. The zero-order valence-electron chi connectivity index (χ0n) is 12.4. The zero-order chi connectivity index (χ0) is 15.4. The Morgan fingerprint density at radius 3 is 2.57 bits per heavy atom. The highest BCUT2D eigenvalue weighted by atomic mass is 32.1. The van der Waals surface area contributed by atoms with Crippen molar-refractivity contribution in [1.29, 1.82) is 0 Å². The van der Waals surface area contributed by atoms with Gasteiger partial charge in [0.05, 0.1) is 37.0 Å². The molecule has 6 heteroatoms. The van der Waals surface area contributed by atoms with Gasteiger partial charge in [-0.2, -0.15) is 0 Å². The van der Waals surface area contributed by atoms with E-state index in [-0.39, 0.29) is 5.78 Å². The lowest BCUT2D eigenvalue weighted by molar-refractivity contribution is 0.101. The molecular formula is C15H17NO4S. The van der Waals surface area contributed by atoms with E-state index in [4.69, 9.17) is 14.2 Å². The number of ketones is 1. The Morgan fingerprint density at radius 2 is 2.00 bits per heavy atom. The third-order valence-electron chi connectivity index (χ3n) is 2.93. The summed E-state index contributed by atoms with van der Waals surface area (Å²) in [5, 5.41) is 0.711. The minimum absolute atomic E-state index is 0.0207. The van der Waals surface area contributed by atoms with Gasteiger partial charge in [0.15, 0.2) is 17.3 Å². The van der Waals surface area contributed by atoms with E-state index in [9.17, 15) is 4.79 Å². The van der Waals surface area contributed by atoms with Gasteiger partial charge in [-0.3, -0.25) is 4.79 Å². The van der Waals surface area contributed by atoms with E-state index in [1.165, 1.54) is 18.3 Å². The molecule has 1 aromatic carbocycles. The number of methoxy groups -OCH3 is 3. The van der Waals surface area contributed by atoms with E-state index >= 15 is 0 Å². The summed E-state index contributed by atoms with van der Waals surface area (Å²) >= 11 is 1.33. The molecule has 21 heavy (non-hydrogen) atoms. The summed E-state index contributed by atoms with van der Waals surface area (Å²) in [4.78, 5) is 16.8. The van der Waals surface area contributed by atoms with Gasteiger partial charge in [-0.05, 0) is 12.1 Å². The summed E-state index contributed by atoms with van der Waals surface area (Å²) < 4.78 is 15.8. The van der Waals surface area contributed by atoms with Crippen LogP contribution in [-0.2, 0) is 11.3 Å². The van der Waals surface area contributed by atoms with Gasteiger partial charge in [0.1, 0.15) is 5.01 Å². The van der Waals surface area contributed by atoms with Crippen LogP contribution in [0.1, 0.15) is 22.3 Å². The third kappa shape index (κ3) is 3.06. The standard InChI is InChI=1S/C15H17NO4S/c1-9(17)14-11(8-18-2)16-15(21-14)10-6-5-7-12(19-3)13(10)20-4/h5-7H,8H2,1-4H3. The summed E-state index contributed by atoms with van der Waals surface area (Å²) in [5.41, 5.74) is 1.45. The first-order valence-electron chi connectivity index (χ1n) is 6.33. The lowest BCUT2D eigenvalue weighted by Gasteiger charge is -2.10. The molecule has 0 aliphatic rings. The molecule has 2 rings (SSSR count). The highest BCUT2D eigenvalue weighted by molar-refractivity contribution is 7.17. The monoisotopic (exact) mass is 307 g/mol. The van der Waals surface area contributed by atoms with Crippen molar-refractivity contribution in [2.24, 2.45) is 0 Å². The zero-order valence-corrected chi connectivity index (χ0v) is 13.2. The van der Waals surface area contributed by atoms with Crippen LogP contribution in [0, 0.1) is 0 Å². The van der Waals surface area contributed by atoms with Crippen molar-refractivity contribution in [3.63, 3.8) is 0 Å². The normalized spacial score (nSPS) is 10.5. The number of rotatable bonds is 6. The molecule has 0 amide bonds. The van der Waals surface area contributed by atoms with Crippen molar-refractivity contribution in [3.8, 4) is 22.1 Å². The van der Waals surface area contributed by atoms with E-state index in [2.05, 4.69) is 4.98 Å². The molecule has 0 N–H and O–H groups in total. The van der Waals surface area contributed by atoms with Crippen LogP contribution in [0.15, 0.2) is 18.2 Å². The number of ether oxygens (including phenoxy) is 3. The van der Waals surface area contributed by atoms with E-state index in [0.29, 0.717) is 33.7 Å². The van der Waals surface area contributed by atoms with Crippen LogP contribution < -0.4 is 9.47 Å². The molecule has 0 bridgehead atoms. The Balaban J connectivity index is 2.57. The van der Waals surface area contributed by atoms with Gasteiger partial charge >= 0.3 is 0 Å². The highest BCUT2D eigenvalue weighted by Crippen LogP contribution is 2.40. The van der Waals surface area contributed by atoms with Gasteiger partial charge in [-0.25, -0.2) is 4.98 Å². The molecule has 1 heterocycles. The summed E-state index contributed by atoms with van der Waals surface area (Å²) in [6, 6.07) is 5.57. The molecule has 0 fully saturated rings. The van der Waals surface area contributed by atoms with Crippen LogP contribution in [0.2, 0.25) is 0 Å². The molecule has 0 aliphatic heterocycles. The number of hydrogen-bond acceptors (Lipinski definition) is 6. The Kier molecular flexibility index (Phi) is 4.93. The average molecular weight is 307 g/mol. The fourth-order valence-electron chi connectivity index (χ4n) is 2.03. The van der Waals surface area contributed by atoms with Crippen molar-refractivity contribution in [3.05, 3.63) is 28.8 Å². The Bertz CT molecular complexity index is 651. The number of thiazole rings is 1. The summed E-state index contributed by atoms with van der Waals surface area (Å²) in [7, 11) is 4.74. The third-order valence-corrected chi connectivity index (χ3v) is 4.16. The maximum atomic E-state index is 11.7. The first kappa shape index (κ1) is 15.5. The molecule has 112 valence electrons. The lowest BCUT2D eigenvalue weighted by atomic mass is 10.2. The second kappa shape index (κ2) is 6.69. The van der Waals surface area contributed by atoms with Crippen LogP contribution in [0.25, 0.3) is 10.6 Å². The van der Waals surface area contributed by atoms with Crippen molar-refractivity contribution < 1.29 is 19.0 Å². The quantitative estimate of drug-likeness (QED) is 0.767. The maximum absolute atomic E-state index is 11.7. The van der Waals surface area contributed by atoms with E-state index < -0.39 is 0 Å². The molecule has 0 radical (unpaired) electrons. The number of carbonyl (C=O) groups is 1. The van der Waals surface area contributed by atoms with Crippen LogP contribution >= 0.6 is 11.3 Å². The molecule has 0 aliphatic carbocycles. The average Bonchev–Trinajstić information content (AvgIpc) is 2.90. The molecule has 1 aromatic heterocycles. The Labute approximate surface area is 127 Å². The minimum atomic E-state index is -0.0207. The predicted molar refractivity (Wildman–Crippen MR) is 81.4 cm³/mol. The van der Waals surface area contributed by atoms with Crippen molar-refractivity contribution in [1.82, 2.24) is 4.98 Å². The van der Waals surface area contributed by atoms with Gasteiger partial charge in [0.2, 0.25) is 0 Å². The number of para-hydroxylation sites is 1. The first-order valence-corrected chi connectivity index (χ1v) is 7.15. The van der Waals surface area contributed by atoms with Crippen LogP contribution in [0.4, 0.5) is 0 Å².